The fourth-order valence-electron chi connectivity index (χ4n) is 2.00. The highest BCUT2D eigenvalue weighted by Crippen LogP contribution is 2.09. The molecule has 1 amide bonds. The Kier molecular flexibility index (Phi) is 6.42. The zero-order valence-electron chi connectivity index (χ0n) is 12.3. The van der Waals surface area contributed by atoms with Crippen LogP contribution in [0.25, 0.3) is 0 Å². The lowest BCUT2D eigenvalue weighted by molar-refractivity contribution is -0.122. The van der Waals surface area contributed by atoms with Gasteiger partial charge in [0.15, 0.2) is 0 Å². The third kappa shape index (κ3) is 7.07. The molecule has 0 saturated carbocycles. The zero-order valence-corrected chi connectivity index (χ0v) is 12.3. The Labute approximate surface area is 121 Å². The standard InChI is InChI=1S/C16H24N2O2/c1-4-10-17-15(19)12-18(13-16(2,3)20)11-14-8-6-5-7-9-14/h4-9,20H,1,10-13H2,2-3H3,(H,17,19). The molecule has 0 heterocycles. The molecule has 1 aromatic carbocycles. The predicted molar refractivity (Wildman–Crippen MR) is 81.2 cm³/mol. The number of benzene rings is 1. The van der Waals surface area contributed by atoms with Crippen molar-refractivity contribution >= 4 is 5.91 Å². The van der Waals surface area contributed by atoms with E-state index in [9.17, 15) is 9.90 Å². The molecule has 0 spiro atoms. The summed E-state index contributed by atoms with van der Waals surface area (Å²) in [7, 11) is 0. The van der Waals surface area contributed by atoms with E-state index in [0.717, 1.165) is 5.56 Å². The largest absolute Gasteiger partial charge is 0.389 e. The van der Waals surface area contributed by atoms with Crippen molar-refractivity contribution in [3.05, 3.63) is 48.6 Å². The fourth-order valence-corrected chi connectivity index (χ4v) is 2.00. The number of hydrogen-bond acceptors (Lipinski definition) is 3. The molecule has 4 nitrogen and oxygen atoms in total. The van der Waals surface area contributed by atoms with Crippen molar-refractivity contribution in [3.8, 4) is 0 Å². The highest BCUT2D eigenvalue weighted by molar-refractivity contribution is 5.78. The predicted octanol–water partition coefficient (Wildman–Crippen LogP) is 1.56. The molecule has 0 unspecified atom stereocenters. The number of carbonyl (C=O) groups excluding carboxylic acids is 1. The lowest BCUT2D eigenvalue weighted by Crippen LogP contribution is -2.43. The molecular weight excluding hydrogens is 252 g/mol. The molecule has 1 rings (SSSR count). The van der Waals surface area contributed by atoms with Crippen molar-refractivity contribution < 1.29 is 9.90 Å². The summed E-state index contributed by atoms with van der Waals surface area (Å²) in [5.41, 5.74) is 0.279. The molecular formula is C16H24N2O2. The number of aliphatic hydroxyl groups is 1. The summed E-state index contributed by atoms with van der Waals surface area (Å²) in [6, 6.07) is 9.92. The Balaban J connectivity index is 2.65. The first kappa shape index (κ1) is 16.4. The summed E-state index contributed by atoms with van der Waals surface area (Å²) in [6.07, 6.45) is 1.65. The van der Waals surface area contributed by atoms with E-state index in [1.54, 1.807) is 19.9 Å². The first-order chi connectivity index (χ1) is 9.40. The number of carbonyl (C=O) groups is 1. The highest BCUT2D eigenvalue weighted by Gasteiger charge is 2.20. The summed E-state index contributed by atoms with van der Waals surface area (Å²) in [6.45, 7) is 8.84. The van der Waals surface area contributed by atoms with Crippen LogP contribution in [-0.2, 0) is 11.3 Å². The van der Waals surface area contributed by atoms with Crippen LogP contribution < -0.4 is 5.32 Å². The SMILES string of the molecule is C=CCNC(=O)CN(Cc1ccccc1)CC(C)(C)O. The van der Waals surface area contributed by atoms with E-state index in [1.807, 2.05) is 35.2 Å². The Morgan fingerprint density at radius 3 is 2.60 bits per heavy atom. The molecule has 4 heteroatoms. The molecule has 110 valence electrons. The van der Waals surface area contributed by atoms with Crippen LogP contribution in [0.3, 0.4) is 0 Å². The summed E-state index contributed by atoms with van der Waals surface area (Å²) in [4.78, 5) is 13.7. The minimum absolute atomic E-state index is 0.0647. The van der Waals surface area contributed by atoms with Gasteiger partial charge in [0.05, 0.1) is 12.1 Å². The van der Waals surface area contributed by atoms with E-state index < -0.39 is 5.60 Å². The van der Waals surface area contributed by atoms with Crippen molar-refractivity contribution in [2.45, 2.75) is 26.0 Å². The average molecular weight is 276 g/mol. The molecule has 0 aliphatic carbocycles. The van der Waals surface area contributed by atoms with Gasteiger partial charge in [0.25, 0.3) is 0 Å². The van der Waals surface area contributed by atoms with Gasteiger partial charge >= 0.3 is 0 Å². The number of hydrogen-bond donors (Lipinski definition) is 2. The van der Waals surface area contributed by atoms with Crippen LogP contribution in [0.15, 0.2) is 43.0 Å². The quantitative estimate of drug-likeness (QED) is 0.709. The van der Waals surface area contributed by atoms with E-state index in [-0.39, 0.29) is 12.5 Å². The molecule has 0 bridgehead atoms. The minimum Gasteiger partial charge on any atom is -0.389 e. The Bertz CT molecular complexity index is 424. The Morgan fingerprint density at radius 2 is 2.05 bits per heavy atom. The maximum atomic E-state index is 11.8. The van der Waals surface area contributed by atoms with Crippen LogP contribution in [0.2, 0.25) is 0 Å². The van der Waals surface area contributed by atoms with Crippen molar-refractivity contribution in [2.75, 3.05) is 19.6 Å². The van der Waals surface area contributed by atoms with Gasteiger partial charge in [-0.1, -0.05) is 36.4 Å². The lowest BCUT2D eigenvalue weighted by atomic mass is 10.1. The molecule has 2 N–H and O–H groups in total. The zero-order chi connectivity index (χ0) is 15.0. The second kappa shape index (κ2) is 7.82. The van der Waals surface area contributed by atoms with Crippen LogP contribution in [-0.4, -0.2) is 41.1 Å². The van der Waals surface area contributed by atoms with Crippen LogP contribution in [0.4, 0.5) is 0 Å². The first-order valence-electron chi connectivity index (χ1n) is 6.77. The molecule has 20 heavy (non-hydrogen) atoms. The number of amides is 1. The van der Waals surface area contributed by atoms with Crippen molar-refractivity contribution in [2.24, 2.45) is 0 Å². The topological polar surface area (TPSA) is 52.6 Å². The third-order valence-corrected chi connectivity index (χ3v) is 2.67. The van der Waals surface area contributed by atoms with E-state index in [0.29, 0.717) is 19.6 Å². The summed E-state index contributed by atoms with van der Waals surface area (Å²) in [5.74, 6) is -0.0647. The van der Waals surface area contributed by atoms with E-state index in [1.165, 1.54) is 0 Å². The van der Waals surface area contributed by atoms with Gasteiger partial charge in [0.2, 0.25) is 5.91 Å². The summed E-state index contributed by atoms with van der Waals surface area (Å²) in [5, 5.41) is 12.7. The normalized spacial score (nSPS) is 11.4. The molecule has 0 aliphatic rings. The lowest BCUT2D eigenvalue weighted by Gasteiger charge is -2.28. The molecule has 0 aliphatic heterocycles. The maximum Gasteiger partial charge on any atom is 0.234 e. The monoisotopic (exact) mass is 276 g/mol. The van der Waals surface area contributed by atoms with Crippen LogP contribution in [0.1, 0.15) is 19.4 Å². The second-order valence-corrected chi connectivity index (χ2v) is 5.54. The highest BCUT2D eigenvalue weighted by atomic mass is 16.3. The Hall–Kier alpha value is -1.65. The van der Waals surface area contributed by atoms with E-state index in [4.69, 9.17) is 0 Å². The summed E-state index contributed by atoms with van der Waals surface area (Å²) < 4.78 is 0. The van der Waals surface area contributed by atoms with Gasteiger partial charge in [0.1, 0.15) is 0 Å². The summed E-state index contributed by atoms with van der Waals surface area (Å²) >= 11 is 0. The van der Waals surface area contributed by atoms with Gasteiger partial charge < -0.3 is 10.4 Å². The molecule has 1 aromatic rings. The van der Waals surface area contributed by atoms with Gasteiger partial charge in [-0.15, -0.1) is 6.58 Å². The molecule has 0 fully saturated rings. The van der Waals surface area contributed by atoms with E-state index >= 15 is 0 Å². The molecule has 0 radical (unpaired) electrons. The molecule has 0 atom stereocenters. The number of rotatable bonds is 8. The van der Waals surface area contributed by atoms with Gasteiger partial charge in [-0.2, -0.15) is 0 Å². The first-order valence-corrected chi connectivity index (χ1v) is 6.77. The van der Waals surface area contributed by atoms with Crippen LogP contribution in [0, 0.1) is 0 Å². The van der Waals surface area contributed by atoms with Crippen LogP contribution >= 0.6 is 0 Å². The second-order valence-electron chi connectivity index (χ2n) is 5.54. The van der Waals surface area contributed by atoms with Gasteiger partial charge in [0, 0.05) is 19.6 Å². The number of nitrogens with one attached hydrogen (secondary N) is 1. The average Bonchev–Trinajstić information content (AvgIpc) is 2.35. The van der Waals surface area contributed by atoms with Gasteiger partial charge in [-0.3, -0.25) is 9.69 Å². The minimum atomic E-state index is -0.840. The van der Waals surface area contributed by atoms with Gasteiger partial charge in [-0.25, -0.2) is 0 Å². The fraction of sp³-hybridized carbons (Fsp3) is 0.438. The third-order valence-electron chi connectivity index (χ3n) is 2.67. The smallest absolute Gasteiger partial charge is 0.234 e. The van der Waals surface area contributed by atoms with Crippen molar-refractivity contribution in [1.82, 2.24) is 10.2 Å². The molecule has 0 aromatic heterocycles. The van der Waals surface area contributed by atoms with Crippen molar-refractivity contribution in [3.63, 3.8) is 0 Å². The maximum absolute atomic E-state index is 11.8. The number of nitrogens with zero attached hydrogens (tertiary/aromatic N) is 1. The Morgan fingerprint density at radius 1 is 1.40 bits per heavy atom. The van der Waals surface area contributed by atoms with Gasteiger partial charge in [-0.05, 0) is 19.4 Å². The van der Waals surface area contributed by atoms with Crippen molar-refractivity contribution in [1.29, 1.82) is 0 Å². The van der Waals surface area contributed by atoms with Crippen LogP contribution in [0.5, 0.6) is 0 Å². The molecule has 0 saturated heterocycles. The van der Waals surface area contributed by atoms with E-state index in [2.05, 4.69) is 11.9 Å².